The molecule has 0 saturated carbocycles. The molecule has 7 heteroatoms. The van der Waals surface area contributed by atoms with Crippen molar-refractivity contribution in [1.82, 2.24) is 0 Å². The summed E-state index contributed by atoms with van der Waals surface area (Å²) in [5.74, 6) is -1.75. The summed E-state index contributed by atoms with van der Waals surface area (Å²) in [5, 5.41) is 14.5. The first-order valence-electron chi connectivity index (χ1n) is 9.61. The molecule has 31 heavy (non-hydrogen) atoms. The first-order valence-corrected chi connectivity index (χ1v) is 10.5. The van der Waals surface area contributed by atoms with Crippen LogP contribution in [0.1, 0.15) is 33.2 Å². The quantitative estimate of drug-likeness (QED) is 0.452. The molecule has 0 aromatic heterocycles. The number of carbonyl (C=O) groups excluding carboxylic acids is 2. The lowest BCUT2D eigenvalue weighted by Crippen LogP contribution is -2.22. The molecule has 0 bridgehead atoms. The van der Waals surface area contributed by atoms with Gasteiger partial charge in [0.05, 0.1) is 16.4 Å². The van der Waals surface area contributed by atoms with Gasteiger partial charge in [-0.2, -0.15) is 0 Å². The van der Waals surface area contributed by atoms with Gasteiger partial charge in [-0.25, -0.2) is 4.79 Å². The van der Waals surface area contributed by atoms with E-state index < -0.39 is 11.9 Å². The number of nitrogens with one attached hydrogen (secondary N) is 2. The number of rotatable bonds is 7. The Morgan fingerprint density at radius 1 is 0.806 bits per heavy atom. The molecule has 3 N–H and O–H groups in total. The standard InChI is InChI=1S/C24H22N2O4S/c1-15-7-9-17(10-8-15)25-22(27)16(2)31-19-13-11-18(12-14-19)26-23(28)20-5-3-4-6-21(20)24(29)30/h3-14,16H,1-2H3,(H,25,27)(H,26,28)(H,29,30)/t16-/m1/s1. The van der Waals surface area contributed by atoms with Crippen LogP contribution in [0, 0.1) is 6.92 Å². The summed E-state index contributed by atoms with van der Waals surface area (Å²) in [6.45, 7) is 3.81. The number of amides is 2. The lowest BCUT2D eigenvalue weighted by Gasteiger charge is -2.13. The van der Waals surface area contributed by atoms with Crippen molar-refractivity contribution in [2.24, 2.45) is 0 Å². The summed E-state index contributed by atoms with van der Waals surface area (Å²) in [4.78, 5) is 37.0. The molecular formula is C24H22N2O4S. The minimum absolute atomic E-state index is 0.0550. The molecule has 1 atom stereocenters. The van der Waals surface area contributed by atoms with Crippen LogP contribution >= 0.6 is 11.8 Å². The Hall–Kier alpha value is -3.58. The summed E-state index contributed by atoms with van der Waals surface area (Å²) < 4.78 is 0. The minimum Gasteiger partial charge on any atom is -0.478 e. The second-order valence-electron chi connectivity index (χ2n) is 6.94. The average molecular weight is 435 g/mol. The molecule has 3 aromatic rings. The number of carboxylic acids is 1. The summed E-state index contributed by atoms with van der Waals surface area (Å²) in [6, 6.07) is 20.7. The molecule has 0 aliphatic rings. The lowest BCUT2D eigenvalue weighted by molar-refractivity contribution is -0.115. The number of benzene rings is 3. The lowest BCUT2D eigenvalue weighted by atomic mass is 10.1. The zero-order valence-corrected chi connectivity index (χ0v) is 17.9. The van der Waals surface area contributed by atoms with Gasteiger partial charge in [0.25, 0.3) is 5.91 Å². The van der Waals surface area contributed by atoms with Crippen LogP contribution in [0.3, 0.4) is 0 Å². The van der Waals surface area contributed by atoms with Crippen LogP contribution in [0.5, 0.6) is 0 Å². The van der Waals surface area contributed by atoms with Gasteiger partial charge in [0, 0.05) is 16.3 Å². The molecule has 2 amide bonds. The highest BCUT2D eigenvalue weighted by Gasteiger charge is 2.17. The molecule has 0 aliphatic heterocycles. The van der Waals surface area contributed by atoms with E-state index >= 15 is 0 Å². The van der Waals surface area contributed by atoms with E-state index in [4.69, 9.17) is 0 Å². The van der Waals surface area contributed by atoms with Crippen LogP contribution in [0.2, 0.25) is 0 Å². The van der Waals surface area contributed by atoms with E-state index in [-0.39, 0.29) is 22.3 Å². The number of anilines is 2. The van der Waals surface area contributed by atoms with Crippen LogP contribution in [-0.2, 0) is 4.79 Å². The van der Waals surface area contributed by atoms with Crippen molar-refractivity contribution in [3.63, 3.8) is 0 Å². The molecule has 0 saturated heterocycles. The highest BCUT2D eigenvalue weighted by atomic mass is 32.2. The summed E-state index contributed by atoms with van der Waals surface area (Å²) in [6.07, 6.45) is 0. The Morgan fingerprint density at radius 2 is 1.35 bits per heavy atom. The molecule has 158 valence electrons. The Labute approximate surface area is 184 Å². The van der Waals surface area contributed by atoms with Crippen molar-refractivity contribution in [3.05, 3.63) is 89.5 Å². The van der Waals surface area contributed by atoms with E-state index in [0.29, 0.717) is 5.69 Å². The van der Waals surface area contributed by atoms with Crippen LogP contribution < -0.4 is 10.6 Å². The molecule has 0 heterocycles. The highest BCUT2D eigenvalue weighted by Crippen LogP contribution is 2.26. The van der Waals surface area contributed by atoms with Crippen molar-refractivity contribution in [3.8, 4) is 0 Å². The Balaban J connectivity index is 1.60. The SMILES string of the molecule is Cc1ccc(NC(=O)[C@@H](C)Sc2ccc(NC(=O)c3ccccc3C(=O)O)cc2)cc1. The molecule has 0 aliphatic carbocycles. The fourth-order valence-corrected chi connectivity index (χ4v) is 3.69. The topological polar surface area (TPSA) is 95.5 Å². The van der Waals surface area contributed by atoms with E-state index in [1.54, 1.807) is 36.4 Å². The molecule has 0 spiro atoms. The number of aryl methyl sites for hydroxylation is 1. The molecular weight excluding hydrogens is 412 g/mol. The second-order valence-corrected chi connectivity index (χ2v) is 8.36. The number of hydrogen-bond acceptors (Lipinski definition) is 4. The van der Waals surface area contributed by atoms with E-state index in [0.717, 1.165) is 16.1 Å². The first kappa shape index (κ1) is 22.1. The van der Waals surface area contributed by atoms with Gasteiger partial charge in [0.1, 0.15) is 0 Å². The molecule has 0 unspecified atom stereocenters. The third-order valence-electron chi connectivity index (χ3n) is 4.52. The van der Waals surface area contributed by atoms with Gasteiger partial charge in [-0.05, 0) is 62.4 Å². The Bertz CT molecular complexity index is 1100. The summed E-state index contributed by atoms with van der Waals surface area (Å²) >= 11 is 1.40. The van der Waals surface area contributed by atoms with Crippen LogP contribution in [0.25, 0.3) is 0 Å². The van der Waals surface area contributed by atoms with Crippen LogP contribution in [0.15, 0.2) is 77.7 Å². The van der Waals surface area contributed by atoms with Gasteiger partial charge in [-0.3, -0.25) is 9.59 Å². The van der Waals surface area contributed by atoms with Gasteiger partial charge < -0.3 is 15.7 Å². The van der Waals surface area contributed by atoms with Gasteiger partial charge >= 0.3 is 5.97 Å². The fraction of sp³-hybridized carbons (Fsp3) is 0.125. The minimum atomic E-state index is -1.16. The average Bonchev–Trinajstić information content (AvgIpc) is 2.76. The molecule has 3 rings (SSSR count). The number of aromatic carboxylic acids is 1. The third-order valence-corrected chi connectivity index (χ3v) is 5.63. The van der Waals surface area contributed by atoms with Crippen molar-refractivity contribution in [2.75, 3.05) is 10.6 Å². The smallest absolute Gasteiger partial charge is 0.336 e. The van der Waals surface area contributed by atoms with Crippen molar-refractivity contribution < 1.29 is 19.5 Å². The predicted molar refractivity (Wildman–Crippen MR) is 123 cm³/mol. The maximum Gasteiger partial charge on any atom is 0.336 e. The summed E-state index contributed by atoms with van der Waals surface area (Å²) in [7, 11) is 0. The predicted octanol–water partition coefficient (Wildman–Crippen LogP) is 5.06. The maximum absolute atomic E-state index is 12.5. The van der Waals surface area contributed by atoms with Crippen molar-refractivity contribution >= 4 is 40.9 Å². The Morgan fingerprint density at radius 3 is 1.97 bits per heavy atom. The van der Waals surface area contributed by atoms with Gasteiger partial charge in [-0.15, -0.1) is 11.8 Å². The second kappa shape index (κ2) is 9.95. The number of carboxylic acid groups (broad SMARTS) is 1. The molecule has 0 radical (unpaired) electrons. The van der Waals surface area contributed by atoms with Gasteiger partial charge in [-0.1, -0.05) is 29.8 Å². The van der Waals surface area contributed by atoms with E-state index in [1.165, 1.54) is 23.9 Å². The van der Waals surface area contributed by atoms with Gasteiger partial charge in [0.2, 0.25) is 5.91 Å². The van der Waals surface area contributed by atoms with Crippen LogP contribution in [0.4, 0.5) is 11.4 Å². The largest absolute Gasteiger partial charge is 0.478 e. The normalized spacial score (nSPS) is 11.4. The van der Waals surface area contributed by atoms with E-state index in [2.05, 4.69) is 10.6 Å². The molecule has 6 nitrogen and oxygen atoms in total. The molecule has 3 aromatic carbocycles. The van der Waals surface area contributed by atoms with Crippen LogP contribution in [-0.4, -0.2) is 28.1 Å². The van der Waals surface area contributed by atoms with Crippen molar-refractivity contribution in [2.45, 2.75) is 24.0 Å². The third kappa shape index (κ3) is 5.96. The first-order chi connectivity index (χ1) is 14.8. The fourth-order valence-electron chi connectivity index (χ4n) is 2.82. The number of hydrogen-bond donors (Lipinski definition) is 3. The number of thioether (sulfide) groups is 1. The highest BCUT2D eigenvalue weighted by molar-refractivity contribution is 8.00. The zero-order chi connectivity index (χ0) is 22.4. The van der Waals surface area contributed by atoms with E-state index in [9.17, 15) is 19.5 Å². The summed E-state index contributed by atoms with van der Waals surface area (Å²) in [5.41, 5.74) is 2.45. The van der Waals surface area contributed by atoms with Crippen molar-refractivity contribution in [1.29, 1.82) is 0 Å². The van der Waals surface area contributed by atoms with Gasteiger partial charge in [0.15, 0.2) is 0 Å². The zero-order valence-electron chi connectivity index (χ0n) is 17.1. The number of carbonyl (C=O) groups is 3. The monoisotopic (exact) mass is 434 g/mol. The Kier molecular flexibility index (Phi) is 7.10. The maximum atomic E-state index is 12.5. The molecule has 0 fully saturated rings. The van der Waals surface area contributed by atoms with E-state index in [1.807, 2.05) is 38.1 Å².